The molecule has 1 saturated heterocycles. The molecule has 12 heteroatoms. The molecule has 0 saturated carbocycles. The number of carbonyl (C=O) groups is 1. The van der Waals surface area contributed by atoms with E-state index >= 15 is 0 Å². The van der Waals surface area contributed by atoms with Crippen molar-refractivity contribution in [2.45, 2.75) is 58.7 Å². The van der Waals surface area contributed by atoms with Gasteiger partial charge in [-0.15, -0.1) is 0 Å². The predicted molar refractivity (Wildman–Crippen MR) is 133 cm³/mol. The first-order valence-electron chi connectivity index (χ1n) is 11.9. The highest BCUT2D eigenvalue weighted by molar-refractivity contribution is 6.61. The van der Waals surface area contributed by atoms with Crippen LogP contribution in [0.4, 0.5) is 0 Å². The summed E-state index contributed by atoms with van der Waals surface area (Å²) in [6.45, 7) is 15.1. The van der Waals surface area contributed by atoms with E-state index in [1.165, 1.54) is 0 Å². The highest BCUT2D eigenvalue weighted by Gasteiger charge is 2.40. The number of epoxide rings is 1. The normalized spacial score (nSPS) is 15.4. The molecule has 0 amide bonds. The molecule has 1 heterocycles. The van der Waals surface area contributed by atoms with Gasteiger partial charge in [0.2, 0.25) is 0 Å². The fourth-order valence-electron chi connectivity index (χ4n) is 2.90. The Kier molecular flexibility index (Phi) is 19.1. The van der Waals surface area contributed by atoms with Gasteiger partial charge in [-0.1, -0.05) is 6.58 Å². The van der Waals surface area contributed by atoms with Gasteiger partial charge >= 0.3 is 23.6 Å². The van der Waals surface area contributed by atoms with Crippen molar-refractivity contribution < 1.29 is 45.6 Å². The number of carbonyl (C=O) groups excluding carboxylic acids is 1. The third kappa shape index (κ3) is 14.7. The second-order valence-electron chi connectivity index (χ2n) is 7.43. The molecule has 202 valence electrons. The lowest BCUT2D eigenvalue weighted by Crippen LogP contribution is -2.46. The Labute approximate surface area is 207 Å². The summed E-state index contributed by atoms with van der Waals surface area (Å²) in [7, 11) is -0.129. The molecule has 0 bridgehead atoms. The Morgan fingerprint density at radius 2 is 1.35 bits per heavy atom. The molecule has 0 radical (unpaired) electrons. The zero-order valence-electron chi connectivity index (χ0n) is 22.1. The van der Waals surface area contributed by atoms with Crippen molar-refractivity contribution in [3.05, 3.63) is 12.2 Å². The summed E-state index contributed by atoms with van der Waals surface area (Å²) < 4.78 is 48.5. The monoisotopic (exact) mass is 526 g/mol. The van der Waals surface area contributed by atoms with Crippen LogP contribution in [-0.4, -0.2) is 97.3 Å². The lowest BCUT2D eigenvalue weighted by Gasteiger charge is -2.28. The Morgan fingerprint density at radius 1 is 0.882 bits per heavy atom. The van der Waals surface area contributed by atoms with Gasteiger partial charge in [-0.3, -0.25) is 0 Å². The smallest absolute Gasteiger partial charge is 0.462 e. The van der Waals surface area contributed by atoms with Crippen LogP contribution in [0, 0.1) is 0 Å². The van der Waals surface area contributed by atoms with Crippen molar-refractivity contribution in [1.82, 2.24) is 0 Å². The zero-order valence-corrected chi connectivity index (χ0v) is 24.1. The van der Waals surface area contributed by atoms with Gasteiger partial charge in [0.25, 0.3) is 0 Å². The van der Waals surface area contributed by atoms with E-state index in [9.17, 15) is 4.79 Å². The standard InChI is InChI=1S/C13H26O5Si.C9H20O5Si/c1-6-16-19(17-7-2,18-8-3)11-9-10-15-13(14)12(4)5;1-10-15(11-2,12-3)6-4-5-13-7-9-8-14-9/h4,6-11H2,1-3,5H3;9H,4-8H2,1-3H3. The average Bonchev–Trinajstić information content (AvgIpc) is 3.65. The van der Waals surface area contributed by atoms with Crippen molar-refractivity contribution in [1.29, 1.82) is 0 Å². The summed E-state index contributed by atoms with van der Waals surface area (Å²) in [4.78, 5) is 11.2. The fraction of sp³-hybridized carbons (Fsp3) is 0.864. The Bertz CT molecular complexity index is 516. The van der Waals surface area contributed by atoms with Gasteiger partial charge in [-0.25, -0.2) is 4.79 Å². The largest absolute Gasteiger partial charge is 0.501 e. The molecule has 1 aliphatic rings. The number of rotatable bonds is 20. The van der Waals surface area contributed by atoms with Crippen molar-refractivity contribution >= 4 is 23.6 Å². The molecule has 0 aromatic heterocycles. The minimum absolute atomic E-state index is 0.327. The quantitative estimate of drug-likeness (QED) is 0.0772. The van der Waals surface area contributed by atoms with Crippen LogP contribution in [0.3, 0.4) is 0 Å². The molecule has 1 atom stereocenters. The third-order valence-electron chi connectivity index (χ3n) is 4.71. The van der Waals surface area contributed by atoms with Gasteiger partial charge in [0.1, 0.15) is 6.10 Å². The summed E-state index contributed by atoms with van der Waals surface area (Å²) in [6.07, 6.45) is 1.87. The Balaban J connectivity index is 0.000000657. The van der Waals surface area contributed by atoms with Gasteiger partial charge < -0.3 is 40.8 Å². The van der Waals surface area contributed by atoms with Gasteiger partial charge in [0.15, 0.2) is 0 Å². The molecule has 1 unspecified atom stereocenters. The second kappa shape index (κ2) is 19.5. The van der Waals surface area contributed by atoms with Crippen LogP contribution in [0.1, 0.15) is 40.5 Å². The molecule has 0 spiro atoms. The molecule has 10 nitrogen and oxygen atoms in total. The molecular weight excluding hydrogens is 480 g/mol. The van der Waals surface area contributed by atoms with Gasteiger partial charge in [0, 0.05) is 65.4 Å². The minimum atomic E-state index is -2.61. The van der Waals surface area contributed by atoms with E-state index in [2.05, 4.69) is 6.58 Å². The first kappa shape index (κ1) is 33.3. The SMILES string of the molecule is C=C(C)C(=O)OCCC[Si](OCC)(OCC)OCC.CO[Si](CCCOCC1CO1)(OC)OC. The molecule has 0 N–H and O–H groups in total. The lowest BCUT2D eigenvalue weighted by atomic mass is 10.4. The van der Waals surface area contributed by atoms with Crippen LogP contribution in [0.25, 0.3) is 0 Å². The highest BCUT2D eigenvalue weighted by Crippen LogP contribution is 2.18. The number of hydrogen-bond acceptors (Lipinski definition) is 10. The van der Waals surface area contributed by atoms with E-state index in [4.69, 9.17) is 40.8 Å². The molecule has 0 aromatic carbocycles. The number of esters is 1. The van der Waals surface area contributed by atoms with Crippen LogP contribution >= 0.6 is 0 Å². The maximum Gasteiger partial charge on any atom is 0.501 e. The summed E-state index contributed by atoms with van der Waals surface area (Å²) in [6, 6.07) is 1.42. The van der Waals surface area contributed by atoms with E-state index in [0.717, 1.165) is 19.1 Å². The highest BCUT2D eigenvalue weighted by atomic mass is 28.4. The maximum absolute atomic E-state index is 11.2. The van der Waals surface area contributed by atoms with Gasteiger partial charge in [0.05, 0.1) is 19.8 Å². The van der Waals surface area contributed by atoms with Gasteiger partial charge in [-0.05, 0) is 40.5 Å². The van der Waals surface area contributed by atoms with E-state index in [1.54, 1.807) is 28.3 Å². The summed E-state index contributed by atoms with van der Waals surface area (Å²) in [5.74, 6) is -0.364. The minimum Gasteiger partial charge on any atom is -0.462 e. The van der Waals surface area contributed by atoms with Crippen LogP contribution in [0.2, 0.25) is 12.1 Å². The summed E-state index contributed by atoms with van der Waals surface area (Å²) >= 11 is 0. The molecule has 34 heavy (non-hydrogen) atoms. The van der Waals surface area contributed by atoms with Gasteiger partial charge in [-0.2, -0.15) is 0 Å². The topological polar surface area (TPSA) is 103 Å². The molecule has 1 fully saturated rings. The average molecular weight is 527 g/mol. The summed E-state index contributed by atoms with van der Waals surface area (Å²) in [5.41, 5.74) is 0.405. The first-order valence-corrected chi connectivity index (χ1v) is 15.7. The van der Waals surface area contributed by atoms with Crippen LogP contribution < -0.4 is 0 Å². The summed E-state index contributed by atoms with van der Waals surface area (Å²) in [5, 5.41) is 0. The van der Waals surface area contributed by atoms with Crippen molar-refractivity contribution in [3.63, 3.8) is 0 Å². The molecule has 1 rings (SSSR count). The number of hydrogen-bond donors (Lipinski definition) is 0. The Morgan fingerprint density at radius 3 is 1.76 bits per heavy atom. The van der Waals surface area contributed by atoms with Crippen molar-refractivity contribution in [2.24, 2.45) is 0 Å². The fourth-order valence-corrected chi connectivity index (χ4v) is 7.17. The Hall–Kier alpha value is -0.676. The van der Waals surface area contributed by atoms with E-state index in [1.807, 2.05) is 20.8 Å². The van der Waals surface area contributed by atoms with Crippen LogP contribution in [-0.2, 0) is 45.6 Å². The molecule has 1 aliphatic heterocycles. The molecule has 0 aromatic rings. The zero-order chi connectivity index (χ0) is 25.9. The van der Waals surface area contributed by atoms with E-state index in [-0.39, 0.29) is 5.97 Å². The third-order valence-corrected chi connectivity index (χ3v) is 10.7. The molecular formula is C22H46O10Si2. The van der Waals surface area contributed by atoms with E-state index in [0.29, 0.717) is 63.8 Å². The predicted octanol–water partition coefficient (Wildman–Crippen LogP) is 3.21. The number of ether oxygens (including phenoxy) is 3. The molecule has 0 aliphatic carbocycles. The van der Waals surface area contributed by atoms with Crippen molar-refractivity contribution in [2.75, 3.05) is 67.6 Å². The lowest BCUT2D eigenvalue weighted by molar-refractivity contribution is -0.139. The first-order chi connectivity index (χ1) is 16.3. The second-order valence-corrected chi connectivity index (χ2v) is 13.3. The van der Waals surface area contributed by atoms with E-state index < -0.39 is 17.6 Å². The van der Waals surface area contributed by atoms with Crippen LogP contribution in [0.15, 0.2) is 12.2 Å². The maximum atomic E-state index is 11.2. The van der Waals surface area contributed by atoms with Crippen LogP contribution in [0.5, 0.6) is 0 Å². The van der Waals surface area contributed by atoms with Crippen molar-refractivity contribution in [3.8, 4) is 0 Å².